The third-order valence-corrected chi connectivity index (χ3v) is 6.67. The fraction of sp³-hybridized carbons (Fsp3) is 0.263. The SMILES string of the molecule is C=CCn1c(Cc2cccs2)nnc1SCC(=O)Nc1sc(C)cc1C(=O)OC. The van der Waals surface area contributed by atoms with Gasteiger partial charge in [0.2, 0.25) is 5.91 Å². The minimum Gasteiger partial charge on any atom is -0.465 e. The number of esters is 1. The summed E-state index contributed by atoms with van der Waals surface area (Å²) in [6.45, 7) is 6.23. The van der Waals surface area contributed by atoms with Gasteiger partial charge in [-0.3, -0.25) is 4.79 Å². The minimum absolute atomic E-state index is 0.145. The lowest BCUT2D eigenvalue weighted by Crippen LogP contribution is -2.16. The topological polar surface area (TPSA) is 86.1 Å². The number of allylic oxidation sites excluding steroid dienone is 1. The fourth-order valence-corrected chi connectivity index (χ4v) is 4.98. The van der Waals surface area contributed by atoms with E-state index in [9.17, 15) is 9.59 Å². The molecule has 0 aliphatic rings. The number of methoxy groups -OCH3 is 1. The second-order valence-electron chi connectivity index (χ2n) is 5.98. The highest BCUT2D eigenvalue weighted by Crippen LogP contribution is 2.29. The van der Waals surface area contributed by atoms with Crippen LogP contribution in [0.4, 0.5) is 5.00 Å². The first kappa shape index (κ1) is 21.3. The molecule has 29 heavy (non-hydrogen) atoms. The third kappa shape index (κ3) is 5.34. The molecule has 0 fully saturated rings. The predicted octanol–water partition coefficient (Wildman–Crippen LogP) is 4.00. The molecule has 0 radical (unpaired) electrons. The molecule has 3 aromatic heterocycles. The first-order valence-corrected chi connectivity index (χ1v) is 11.4. The summed E-state index contributed by atoms with van der Waals surface area (Å²) in [6.07, 6.45) is 2.46. The van der Waals surface area contributed by atoms with Crippen LogP contribution in [0.15, 0.2) is 41.4 Å². The molecular weight excluding hydrogens is 428 g/mol. The Morgan fingerprint density at radius 2 is 2.24 bits per heavy atom. The molecule has 3 heterocycles. The molecule has 1 N–H and O–H groups in total. The first-order valence-electron chi connectivity index (χ1n) is 8.68. The molecule has 0 saturated heterocycles. The van der Waals surface area contributed by atoms with Crippen molar-refractivity contribution in [2.45, 2.75) is 25.0 Å². The highest BCUT2D eigenvalue weighted by Gasteiger charge is 2.19. The molecule has 3 rings (SSSR count). The highest BCUT2D eigenvalue weighted by molar-refractivity contribution is 7.99. The van der Waals surface area contributed by atoms with Crippen molar-refractivity contribution in [3.05, 3.63) is 57.4 Å². The smallest absolute Gasteiger partial charge is 0.340 e. The third-order valence-electron chi connectivity index (χ3n) is 3.86. The summed E-state index contributed by atoms with van der Waals surface area (Å²) in [6, 6.07) is 5.76. The van der Waals surface area contributed by atoms with E-state index < -0.39 is 5.97 Å². The number of thioether (sulfide) groups is 1. The summed E-state index contributed by atoms with van der Waals surface area (Å²) in [5.41, 5.74) is 0.362. The Kier molecular flexibility index (Phi) is 7.24. The molecule has 0 aliphatic carbocycles. The maximum atomic E-state index is 12.4. The van der Waals surface area contributed by atoms with Crippen LogP contribution in [0.25, 0.3) is 0 Å². The molecule has 0 unspecified atom stereocenters. The van der Waals surface area contributed by atoms with E-state index >= 15 is 0 Å². The number of thiophene rings is 2. The van der Waals surface area contributed by atoms with E-state index in [1.54, 1.807) is 23.5 Å². The Morgan fingerprint density at radius 1 is 1.41 bits per heavy atom. The van der Waals surface area contributed by atoms with E-state index in [2.05, 4.69) is 28.2 Å². The second kappa shape index (κ2) is 9.86. The monoisotopic (exact) mass is 448 g/mol. The van der Waals surface area contributed by atoms with Crippen LogP contribution in [0.3, 0.4) is 0 Å². The van der Waals surface area contributed by atoms with Crippen molar-refractivity contribution < 1.29 is 14.3 Å². The van der Waals surface area contributed by atoms with Crippen LogP contribution >= 0.6 is 34.4 Å². The number of aryl methyl sites for hydroxylation is 1. The predicted molar refractivity (Wildman–Crippen MR) is 117 cm³/mol. The van der Waals surface area contributed by atoms with Crippen molar-refractivity contribution in [2.75, 3.05) is 18.2 Å². The van der Waals surface area contributed by atoms with Gasteiger partial charge in [-0.25, -0.2) is 4.79 Å². The number of rotatable bonds is 9. The van der Waals surface area contributed by atoms with Crippen LogP contribution in [0.1, 0.15) is 25.9 Å². The number of nitrogens with one attached hydrogen (secondary N) is 1. The Bertz CT molecular complexity index is 1010. The van der Waals surface area contributed by atoms with Crippen molar-refractivity contribution in [1.82, 2.24) is 14.8 Å². The van der Waals surface area contributed by atoms with E-state index in [1.807, 2.05) is 22.9 Å². The second-order valence-corrected chi connectivity index (χ2v) is 9.21. The lowest BCUT2D eigenvalue weighted by molar-refractivity contribution is -0.113. The van der Waals surface area contributed by atoms with Crippen molar-refractivity contribution in [3.63, 3.8) is 0 Å². The maximum Gasteiger partial charge on any atom is 0.340 e. The van der Waals surface area contributed by atoms with Gasteiger partial charge >= 0.3 is 5.97 Å². The molecule has 0 aromatic carbocycles. The van der Waals surface area contributed by atoms with Crippen LogP contribution in [-0.2, 0) is 22.5 Å². The highest BCUT2D eigenvalue weighted by atomic mass is 32.2. The number of nitrogens with zero attached hydrogens (tertiary/aromatic N) is 3. The van der Waals surface area contributed by atoms with Crippen molar-refractivity contribution in [3.8, 4) is 0 Å². The summed E-state index contributed by atoms with van der Waals surface area (Å²) in [5.74, 6) is 0.277. The van der Waals surface area contributed by atoms with Gasteiger partial charge in [0.25, 0.3) is 0 Å². The molecule has 0 saturated carbocycles. The van der Waals surface area contributed by atoms with Crippen LogP contribution in [0.5, 0.6) is 0 Å². The fourth-order valence-electron chi connectivity index (χ4n) is 2.60. The molecule has 1 amide bonds. The molecule has 10 heteroatoms. The van der Waals surface area contributed by atoms with Crippen LogP contribution in [0.2, 0.25) is 0 Å². The van der Waals surface area contributed by atoms with Gasteiger partial charge in [0, 0.05) is 22.7 Å². The lowest BCUT2D eigenvalue weighted by atomic mass is 10.3. The molecule has 0 spiro atoms. The van der Waals surface area contributed by atoms with Crippen LogP contribution < -0.4 is 5.32 Å². The zero-order valence-electron chi connectivity index (χ0n) is 16.0. The first-order chi connectivity index (χ1) is 14.0. The van der Waals surface area contributed by atoms with E-state index in [0.717, 1.165) is 10.7 Å². The molecular formula is C19H20N4O3S3. The van der Waals surface area contributed by atoms with Crippen LogP contribution in [-0.4, -0.2) is 39.5 Å². The van der Waals surface area contributed by atoms with Gasteiger partial charge in [0.15, 0.2) is 5.16 Å². The molecule has 0 atom stereocenters. The molecule has 0 bridgehead atoms. The molecule has 152 valence electrons. The summed E-state index contributed by atoms with van der Waals surface area (Å²) < 4.78 is 6.73. The number of anilines is 1. The Balaban J connectivity index is 1.67. The summed E-state index contributed by atoms with van der Waals surface area (Å²) in [7, 11) is 1.32. The van der Waals surface area contributed by atoms with Gasteiger partial charge in [0.05, 0.1) is 18.4 Å². The Morgan fingerprint density at radius 3 is 2.93 bits per heavy atom. The number of amides is 1. The molecule has 3 aromatic rings. The Hall–Kier alpha value is -2.43. The number of carbonyl (C=O) groups is 2. The molecule has 7 nitrogen and oxygen atoms in total. The van der Waals surface area contributed by atoms with Gasteiger partial charge in [-0.05, 0) is 24.4 Å². The number of ether oxygens (including phenoxy) is 1. The normalized spacial score (nSPS) is 10.7. The number of aromatic nitrogens is 3. The lowest BCUT2D eigenvalue weighted by Gasteiger charge is -2.08. The largest absolute Gasteiger partial charge is 0.465 e. The summed E-state index contributed by atoms with van der Waals surface area (Å²) in [4.78, 5) is 26.4. The van der Waals surface area contributed by atoms with Crippen molar-refractivity contribution >= 4 is 51.3 Å². The van der Waals surface area contributed by atoms with Crippen molar-refractivity contribution in [2.24, 2.45) is 0 Å². The quantitative estimate of drug-likeness (QED) is 0.302. The van der Waals surface area contributed by atoms with Gasteiger partial charge in [-0.2, -0.15) is 0 Å². The van der Waals surface area contributed by atoms with E-state index in [-0.39, 0.29) is 11.7 Å². The number of carbonyl (C=O) groups excluding carboxylic acids is 2. The van der Waals surface area contributed by atoms with E-state index in [1.165, 1.54) is 35.1 Å². The zero-order chi connectivity index (χ0) is 20.8. The van der Waals surface area contributed by atoms with E-state index in [4.69, 9.17) is 4.74 Å². The van der Waals surface area contributed by atoms with Gasteiger partial charge in [-0.1, -0.05) is 23.9 Å². The maximum absolute atomic E-state index is 12.4. The molecule has 0 aliphatic heterocycles. The van der Waals surface area contributed by atoms with Crippen molar-refractivity contribution in [1.29, 1.82) is 0 Å². The van der Waals surface area contributed by atoms with Gasteiger partial charge in [-0.15, -0.1) is 39.4 Å². The standard InChI is InChI=1S/C19H20N4O3S3/c1-4-7-23-15(10-13-6-5-8-27-13)21-22-19(23)28-11-16(24)20-17-14(18(25)26-3)9-12(2)29-17/h4-6,8-9H,1,7,10-11H2,2-3H3,(H,20,24). The summed E-state index contributed by atoms with van der Waals surface area (Å²) in [5, 5.41) is 14.5. The Labute approximate surface area is 180 Å². The van der Waals surface area contributed by atoms with E-state index in [0.29, 0.717) is 28.7 Å². The average Bonchev–Trinajstić information content (AvgIpc) is 3.42. The van der Waals surface area contributed by atoms with Gasteiger partial charge in [0.1, 0.15) is 10.8 Å². The van der Waals surface area contributed by atoms with Gasteiger partial charge < -0.3 is 14.6 Å². The number of hydrogen-bond acceptors (Lipinski definition) is 8. The zero-order valence-corrected chi connectivity index (χ0v) is 18.5. The average molecular weight is 449 g/mol. The number of hydrogen-bond donors (Lipinski definition) is 1. The minimum atomic E-state index is -0.471. The summed E-state index contributed by atoms with van der Waals surface area (Å²) >= 11 is 4.30. The van der Waals surface area contributed by atoms with Crippen LogP contribution in [0, 0.1) is 6.92 Å².